The molecule has 0 saturated carbocycles. The Morgan fingerprint density at radius 1 is 1.37 bits per heavy atom. The lowest BCUT2D eigenvalue weighted by atomic mass is 10.0. The van der Waals surface area contributed by atoms with Crippen molar-refractivity contribution >= 4 is 27.3 Å². The first-order valence-electron chi connectivity index (χ1n) is 9.29. The number of amides is 1. The van der Waals surface area contributed by atoms with Crippen LogP contribution in [0.4, 0.5) is 0 Å². The summed E-state index contributed by atoms with van der Waals surface area (Å²) >= 11 is 6.19. The maximum atomic E-state index is 12.5. The Balaban J connectivity index is 0.00000101. The van der Waals surface area contributed by atoms with Crippen molar-refractivity contribution in [3.63, 3.8) is 0 Å². The maximum absolute atomic E-state index is 12.5. The van der Waals surface area contributed by atoms with Crippen molar-refractivity contribution < 1.29 is 17.7 Å². The van der Waals surface area contributed by atoms with Gasteiger partial charge in [-0.1, -0.05) is 23.7 Å². The first kappa shape index (κ1) is 23.8. The number of nitriles is 1. The first-order valence-corrected chi connectivity index (χ1v) is 11.6. The highest BCUT2D eigenvalue weighted by Crippen LogP contribution is 2.30. The molecule has 2 atom stereocenters. The summed E-state index contributed by atoms with van der Waals surface area (Å²) in [7, 11) is -3.37. The van der Waals surface area contributed by atoms with E-state index in [0.717, 1.165) is 32.2 Å². The van der Waals surface area contributed by atoms with Crippen LogP contribution in [-0.2, 0) is 14.6 Å². The topological polar surface area (TPSA) is 143 Å². The van der Waals surface area contributed by atoms with Crippen LogP contribution in [-0.4, -0.2) is 54.8 Å². The minimum Gasteiger partial charge on any atom is -0.341 e. The van der Waals surface area contributed by atoms with Crippen LogP contribution in [0.15, 0.2) is 27.6 Å². The number of nitrogens with two attached hydrogens (primary N) is 1. The first-order chi connectivity index (χ1) is 14.1. The molecule has 0 unspecified atom stereocenters. The van der Waals surface area contributed by atoms with Gasteiger partial charge in [-0.05, 0) is 31.0 Å². The van der Waals surface area contributed by atoms with Crippen molar-refractivity contribution in [2.75, 3.05) is 19.3 Å². The molecule has 11 heteroatoms. The summed E-state index contributed by atoms with van der Waals surface area (Å²) in [6.07, 6.45) is 3.07. The lowest BCUT2D eigenvalue weighted by molar-refractivity contribution is -0.132. The zero-order valence-corrected chi connectivity index (χ0v) is 18.6. The number of aromatic nitrogens is 2. The fraction of sp³-hybridized carbons (Fsp3) is 0.474. The molecular formula is C19H24ClN5O4S. The van der Waals surface area contributed by atoms with E-state index in [2.05, 4.69) is 10.1 Å². The molecule has 1 aliphatic heterocycles. The fourth-order valence-corrected chi connectivity index (χ4v) is 3.93. The van der Waals surface area contributed by atoms with E-state index in [1.807, 2.05) is 0 Å². The molecule has 1 aliphatic rings. The molecule has 0 aliphatic carbocycles. The van der Waals surface area contributed by atoms with Crippen molar-refractivity contribution in [3.8, 4) is 17.5 Å². The smallest absolute Gasteiger partial charge is 0.240 e. The van der Waals surface area contributed by atoms with Crippen LogP contribution in [0.5, 0.6) is 0 Å². The van der Waals surface area contributed by atoms with Gasteiger partial charge in [0.1, 0.15) is 0 Å². The summed E-state index contributed by atoms with van der Waals surface area (Å²) in [6.45, 7) is 4.62. The number of likely N-dealkylation sites (tertiary alicyclic amines) is 1. The van der Waals surface area contributed by atoms with Gasteiger partial charge in [-0.3, -0.25) is 4.79 Å². The Kier molecular flexibility index (Phi) is 7.95. The number of benzene rings is 1. The van der Waals surface area contributed by atoms with E-state index in [1.165, 1.54) is 25.1 Å². The van der Waals surface area contributed by atoms with E-state index in [9.17, 15) is 13.2 Å². The largest absolute Gasteiger partial charge is 0.341 e. The molecule has 0 radical (unpaired) electrons. The lowest BCUT2D eigenvalue weighted by Crippen LogP contribution is -2.45. The monoisotopic (exact) mass is 453 g/mol. The second kappa shape index (κ2) is 10.0. The third-order valence-electron chi connectivity index (χ3n) is 4.68. The van der Waals surface area contributed by atoms with Gasteiger partial charge in [0.25, 0.3) is 0 Å². The Bertz CT molecular complexity index is 1040. The van der Waals surface area contributed by atoms with Crippen molar-refractivity contribution in [2.24, 2.45) is 5.73 Å². The molecule has 1 aromatic heterocycles. The summed E-state index contributed by atoms with van der Waals surface area (Å²) in [5, 5.41) is 11.4. The average Bonchev–Trinajstić information content (AvgIpc) is 3.38. The molecule has 0 spiro atoms. The third-order valence-corrected chi connectivity index (χ3v) is 6.11. The van der Waals surface area contributed by atoms with E-state index in [4.69, 9.17) is 27.1 Å². The quantitative estimate of drug-likeness (QED) is 0.726. The SMILES string of the molecule is CC#N.C[C@H](c1nc(-c2ccc(S(C)(=O)=O)cc2Cl)no1)[C@H](N)C(=O)N1CCCC1. The van der Waals surface area contributed by atoms with Gasteiger partial charge in [0.15, 0.2) is 9.84 Å². The molecular weight excluding hydrogens is 430 g/mol. The van der Waals surface area contributed by atoms with Crippen molar-refractivity contribution in [1.82, 2.24) is 15.0 Å². The zero-order chi connectivity index (χ0) is 22.5. The van der Waals surface area contributed by atoms with Gasteiger partial charge in [-0.25, -0.2) is 8.42 Å². The van der Waals surface area contributed by atoms with Crippen molar-refractivity contribution in [1.29, 1.82) is 5.26 Å². The van der Waals surface area contributed by atoms with Gasteiger partial charge >= 0.3 is 0 Å². The standard InChI is InChI=1S/C17H21ClN4O4S.C2H3N/c1-10(14(19)17(23)22-7-3-4-8-22)16-20-15(21-26-16)12-6-5-11(9-13(12)18)27(2,24)25;1-2-3/h5-6,9-10,14H,3-4,7-8,19H2,1-2H3;1H3/t10-,14-;/m0./s1. The molecule has 1 fully saturated rings. The van der Waals surface area contributed by atoms with E-state index in [-0.39, 0.29) is 27.5 Å². The molecule has 30 heavy (non-hydrogen) atoms. The van der Waals surface area contributed by atoms with Gasteiger partial charge in [0.2, 0.25) is 17.6 Å². The Morgan fingerprint density at radius 3 is 2.50 bits per heavy atom. The van der Waals surface area contributed by atoms with Crippen LogP contribution >= 0.6 is 11.6 Å². The maximum Gasteiger partial charge on any atom is 0.240 e. The number of sulfone groups is 1. The van der Waals surface area contributed by atoms with Crippen LogP contribution in [0.3, 0.4) is 0 Å². The van der Waals surface area contributed by atoms with Crippen LogP contribution in [0.2, 0.25) is 5.02 Å². The second-order valence-corrected chi connectivity index (χ2v) is 9.36. The fourth-order valence-electron chi connectivity index (χ4n) is 2.95. The number of rotatable bonds is 5. The molecule has 1 amide bonds. The Morgan fingerprint density at radius 2 is 1.97 bits per heavy atom. The summed E-state index contributed by atoms with van der Waals surface area (Å²) in [5.74, 6) is -0.153. The summed E-state index contributed by atoms with van der Waals surface area (Å²) < 4.78 is 28.5. The van der Waals surface area contributed by atoms with E-state index >= 15 is 0 Å². The second-order valence-electron chi connectivity index (χ2n) is 6.94. The highest BCUT2D eigenvalue weighted by molar-refractivity contribution is 7.90. The lowest BCUT2D eigenvalue weighted by Gasteiger charge is -2.22. The van der Waals surface area contributed by atoms with E-state index in [1.54, 1.807) is 17.9 Å². The van der Waals surface area contributed by atoms with Gasteiger partial charge in [-0.2, -0.15) is 10.2 Å². The number of hydrogen-bond acceptors (Lipinski definition) is 8. The summed E-state index contributed by atoms with van der Waals surface area (Å²) in [5.41, 5.74) is 6.54. The highest BCUT2D eigenvalue weighted by Gasteiger charge is 2.31. The number of carbonyl (C=O) groups is 1. The molecule has 1 aromatic carbocycles. The molecule has 0 bridgehead atoms. The van der Waals surface area contributed by atoms with Crippen LogP contribution in [0.25, 0.3) is 11.4 Å². The Labute approximate surface area is 180 Å². The number of carbonyl (C=O) groups excluding carboxylic acids is 1. The zero-order valence-electron chi connectivity index (χ0n) is 17.0. The van der Waals surface area contributed by atoms with Crippen molar-refractivity contribution in [3.05, 3.63) is 29.1 Å². The molecule has 1 saturated heterocycles. The predicted octanol–water partition coefficient (Wildman–Crippen LogP) is 2.38. The van der Waals surface area contributed by atoms with Crippen LogP contribution in [0.1, 0.15) is 38.5 Å². The van der Waals surface area contributed by atoms with Gasteiger partial charge < -0.3 is 15.2 Å². The Hall–Kier alpha value is -2.48. The third kappa shape index (κ3) is 5.56. The molecule has 2 heterocycles. The van der Waals surface area contributed by atoms with E-state index < -0.39 is 21.8 Å². The minimum atomic E-state index is -3.37. The molecule has 2 aromatic rings. The van der Waals surface area contributed by atoms with Gasteiger partial charge in [0.05, 0.1) is 27.9 Å². The van der Waals surface area contributed by atoms with Gasteiger partial charge in [-0.15, -0.1) is 0 Å². The summed E-state index contributed by atoms with van der Waals surface area (Å²) in [4.78, 5) is 18.6. The van der Waals surface area contributed by atoms with E-state index in [0.29, 0.717) is 5.56 Å². The summed E-state index contributed by atoms with van der Waals surface area (Å²) in [6, 6.07) is 5.26. The normalized spacial score (nSPS) is 15.7. The number of hydrogen-bond donors (Lipinski definition) is 1. The minimum absolute atomic E-state index is 0.103. The molecule has 3 rings (SSSR count). The van der Waals surface area contributed by atoms with Crippen LogP contribution in [0, 0.1) is 11.3 Å². The molecule has 9 nitrogen and oxygen atoms in total. The molecule has 2 N–H and O–H groups in total. The molecule has 162 valence electrons. The van der Waals surface area contributed by atoms with Crippen molar-refractivity contribution in [2.45, 2.75) is 43.5 Å². The number of halogens is 1. The highest BCUT2D eigenvalue weighted by atomic mass is 35.5. The van der Waals surface area contributed by atoms with Crippen LogP contribution < -0.4 is 5.73 Å². The predicted molar refractivity (Wildman–Crippen MR) is 111 cm³/mol. The number of nitrogens with zero attached hydrogens (tertiary/aromatic N) is 4. The average molecular weight is 454 g/mol. The van der Waals surface area contributed by atoms with Gasteiger partial charge in [0, 0.05) is 31.8 Å².